The van der Waals surface area contributed by atoms with Crippen molar-refractivity contribution < 1.29 is 23.5 Å². The van der Waals surface area contributed by atoms with E-state index in [1.54, 1.807) is 0 Å². The number of esters is 1. The molecule has 0 aliphatic carbocycles. The molecular weight excluding hydrogens is 474 g/mol. The van der Waals surface area contributed by atoms with Crippen molar-refractivity contribution in [1.29, 1.82) is 0 Å². The summed E-state index contributed by atoms with van der Waals surface area (Å²) >= 11 is 1.20. The summed E-state index contributed by atoms with van der Waals surface area (Å²) in [4.78, 5) is 23.1. The Morgan fingerprint density at radius 1 is 1.06 bits per heavy atom. The van der Waals surface area contributed by atoms with Crippen LogP contribution in [0.5, 0.6) is 5.88 Å². The zero-order valence-electron chi connectivity index (χ0n) is 22.8. The SMILES string of the molecule is CCCCCCOc1nsnc1C1=CCC[N+](C)(C(CCC)OC(=O)CCCCCCCCC=O)C1. The lowest BCUT2D eigenvalue weighted by Crippen LogP contribution is -2.56. The van der Waals surface area contributed by atoms with Crippen LogP contribution in [0.15, 0.2) is 6.08 Å². The molecule has 1 aliphatic rings. The Hall–Kier alpha value is -1.80. The fraction of sp³-hybridized carbons (Fsp3) is 0.786. The number of hydrogen-bond donors (Lipinski definition) is 0. The van der Waals surface area contributed by atoms with Crippen molar-refractivity contribution in [3.05, 3.63) is 11.8 Å². The summed E-state index contributed by atoms with van der Waals surface area (Å²) < 4.78 is 21.8. The molecule has 0 N–H and O–H groups in total. The molecule has 7 nitrogen and oxygen atoms in total. The second kappa shape index (κ2) is 17.6. The number of quaternary nitrogens is 1. The molecule has 1 aromatic heterocycles. The lowest BCUT2D eigenvalue weighted by Gasteiger charge is -2.42. The molecule has 0 aromatic carbocycles. The van der Waals surface area contributed by atoms with Crippen LogP contribution in [0.2, 0.25) is 0 Å². The highest BCUT2D eigenvalue weighted by atomic mass is 32.1. The normalized spacial score (nSPS) is 18.5. The molecule has 0 fully saturated rings. The number of carbonyl (C=O) groups excluding carboxylic acids is 2. The van der Waals surface area contributed by atoms with E-state index >= 15 is 0 Å². The Labute approximate surface area is 222 Å². The summed E-state index contributed by atoms with van der Waals surface area (Å²) in [6.45, 7) is 6.72. The fourth-order valence-corrected chi connectivity index (χ4v) is 5.34. The molecule has 0 saturated carbocycles. The first-order chi connectivity index (χ1) is 17.5. The van der Waals surface area contributed by atoms with Gasteiger partial charge in [0.25, 0.3) is 5.88 Å². The number of nitrogens with zero attached hydrogens (tertiary/aromatic N) is 3. The van der Waals surface area contributed by atoms with E-state index < -0.39 is 0 Å². The van der Waals surface area contributed by atoms with E-state index in [0.29, 0.717) is 29.8 Å². The number of unbranched alkanes of at least 4 members (excludes halogenated alkanes) is 9. The van der Waals surface area contributed by atoms with Crippen molar-refractivity contribution in [2.75, 3.05) is 26.7 Å². The number of rotatable bonds is 20. The molecule has 36 heavy (non-hydrogen) atoms. The van der Waals surface area contributed by atoms with Crippen LogP contribution >= 0.6 is 11.7 Å². The van der Waals surface area contributed by atoms with Gasteiger partial charge in [-0.3, -0.25) is 9.28 Å². The van der Waals surface area contributed by atoms with E-state index in [0.717, 1.165) is 94.9 Å². The van der Waals surface area contributed by atoms with Crippen molar-refractivity contribution in [2.24, 2.45) is 0 Å². The van der Waals surface area contributed by atoms with Crippen LogP contribution in [0.4, 0.5) is 0 Å². The summed E-state index contributed by atoms with van der Waals surface area (Å²) in [6, 6.07) is 0. The lowest BCUT2D eigenvalue weighted by molar-refractivity contribution is -0.947. The van der Waals surface area contributed by atoms with Gasteiger partial charge in [-0.25, -0.2) is 0 Å². The summed E-state index contributed by atoms with van der Waals surface area (Å²) in [5.41, 5.74) is 2.00. The van der Waals surface area contributed by atoms with Crippen LogP contribution in [0.3, 0.4) is 0 Å². The third-order valence-electron chi connectivity index (χ3n) is 7.01. The average Bonchev–Trinajstić information content (AvgIpc) is 3.34. The quantitative estimate of drug-likeness (QED) is 0.0818. The molecular formula is C28H48N3O4S+. The number of hydrogen-bond acceptors (Lipinski definition) is 7. The summed E-state index contributed by atoms with van der Waals surface area (Å²) in [5, 5.41) is 0. The van der Waals surface area contributed by atoms with Crippen LogP contribution < -0.4 is 4.74 Å². The molecule has 2 rings (SSSR count). The van der Waals surface area contributed by atoms with Gasteiger partial charge in [-0.15, -0.1) is 4.37 Å². The van der Waals surface area contributed by atoms with E-state index in [9.17, 15) is 9.59 Å². The predicted molar refractivity (Wildman–Crippen MR) is 146 cm³/mol. The molecule has 0 radical (unpaired) electrons. The van der Waals surface area contributed by atoms with Gasteiger partial charge in [0.1, 0.15) is 18.5 Å². The van der Waals surface area contributed by atoms with Crippen molar-refractivity contribution >= 4 is 29.6 Å². The number of likely N-dealkylation sites (N-methyl/N-ethyl adjacent to an activating group) is 1. The fourth-order valence-electron chi connectivity index (χ4n) is 4.81. The van der Waals surface area contributed by atoms with Gasteiger partial charge in [-0.2, -0.15) is 4.37 Å². The standard InChI is InChI=1S/C28H48N3O4S/c1-4-6-7-15-22-34-28-27(29-36-30-28)24-18-16-20-31(3,23-24)25(17-5-2)35-26(33)19-13-11-9-8-10-12-14-21-32/h18,21,25H,4-17,19-20,22-23H2,1-3H3/q+1. The molecule has 0 bridgehead atoms. The Bertz CT molecular complexity index is 798. The lowest BCUT2D eigenvalue weighted by atomic mass is 10.0. The molecule has 1 aliphatic heterocycles. The van der Waals surface area contributed by atoms with E-state index in [1.165, 1.54) is 31.0 Å². The highest BCUT2D eigenvalue weighted by Gasteiger charge is 2.38. The maximum Gasteiger partial charge on any atom is 0.310 e. The molecule has 2 atom stereocenters. The number of aldehydes is 1. The zero-order chi connectivity index (χ0) is 26.1. The predicted octanol–water partition coefficient (Wildman–Crippen LogP) is 6.72. The highest BCUT2D eigenvalue weighted by molar-refractivity contribution is 6.99. The van der Waals surface area contributed by atoms with Gasteiger partial charge < -0.3 is 14.3 Å². The first kappa shape index (κ1) is 30.4. The summed E-state index contributed by atoms with van der Waals surface area (Å²) in [5.74, 6) is 0.558. The van der Waals surface area contributed by atoms with E-state index in [1.807, 2.05) is 0 Å². The summed E-state index contributed by atoms with van der Waals surface area (Å²) in [7, 11) is 2.20. The maximum atomic E-state index is 12.7. The minimum absolute atomic E-state index is 0.0868. The van der Waals surface area contributed by atoms with E-state index in [2.05, 4.69) is 35.7 Å². The largest absolute Gasteiger partial charge is 0.475 e. The highest BCUT2D eigenvalue weighted by Crippen LogP contribution is 2.33. The van der Waals surface area contributed by atoms with Crippen molar-refractivity contribution in [3.8, 4) is 5.88 Å². The number of aromatic nitrogens is 2. The summed E-state index contributed by atoms with van der Waals surface area (Å²) in [6.07, 6.45) is 17.8. The molecule has 1 aromatic rings. The first-order valence-corrected chi connectivity index (χ1v) is 14.9. The van der Waals surface area contributed by atoms with Crippen LogP contribution in [-0.4, -0.2) is 58.5 Å². The first-order valence-electron chi connectivity index (χ1n) is 14.2. The Morgan fingerprint density at radius 3 is 2.56 bits per heavy atom. The second-order valence-electron chi connectivity index (χ2n) is 10.3. The topological polar surface area (TPSA) is 78.4 Å². The Balaban J connectivity index is 1.87. The van der Waals surface area contributed by atoms with E-state index in [4.69, 9.17) is 9.47 Å². The average molecular weight is 523 g/mol. The molecule has 8 heteroatoms. The molecule has 204 valence electrons. The molecule has 0 spiro atoms. The van der Waals surface area contributed by atoms with Crippen LogP contribution in [0, 0.1) is 0 Å². The minimum atomic E-state index is -0.153. The minimum Gasteiger partial charge on any atom is -0.475 e. The second-order valence-corrected chi connectivity index (χ2v) is 10.8. The van der Waals surface area contributed by atoms with Crippen LogP contribution in [0.25, 0.3) is 5.57 Å². The van der Waals surface area contributed by atoms with Crippen LogP contribution in [-0.2, 0) is 14.3 Å². The molecule has 2 unspecified atom stereocenters. The van der Waals surface area contributed by atoms with Gasteiger partial charge in [0.2, 0.25) is 6.23 Å². The monoisotopic (exact) mass is 522 g/mol. The maximum absolute atomic E-state index is 12.7. The van der Waals surface area contributed by atoms with Crippen molar-refractivity contribution in [1.82, 2.24) is 8.75 Å². The zero-order valence-corrected chi connectivity index (χ0v) is 23.7. The van der Waals surface area contributed by atoms with E-state index in [-0.39, 0.29) is 12.2 Å². The van der Waals surface area contributed by atoms with Gasteiger partial charge in [0.15, 0.2) is 0 Å². The van der Waals surface area contributed by atoms with Gasteiger partial charge in [-0.05, 0) is 25.7 Å². The third-order valence-corrected chi connectivity index (χ3v) is 7.52. The van der Waals surface area contributed by atoms with Gasteiger partial charge in [0, 0.05) is 31.3 Å². The Kier molecular flexibility index (Phi) is 14.9. The van der Waals surface area contributed by atoms with Gasteiger partial charge in [0.05, 0.1) is 31.9 Å². The number of carbonyl (C=O) groups is 2. The number of ether oxygens (including phenoxy) is 2. The molecule has 0 amide bonds. The van der Waals surface area contributed by atoms with Gasteiger partial charge >= 0.3 is 5.97 Å². The van der Waals surface area contributed by atoms with Crippen LogP contribution in [0.1, 0.15) is 116 Å². The van der Waals surface area contributed by atoms with Gasteiger partial charge in [-0.1, -0.05) is 64.9 Å². The van der Waals surface area contributed by atoms with Crippen molar-refractivity contribution in [3.63, 3.8) is 0 Å². The third kappa shape index (κ3) is 10.7. The van der Waals surface area contributed by atoms with Crippen molar-refractivity contribution in [2.45, 2.75) is 116 Å². The molecule has 2 heterocycles. The molecule has 0 saturated heterocycles. The smallest absolute Gasteiger partial charge is 0.310 e. The Morgan fingerprint density at radius 2 is 1.81 bits per heavy atom.